The Morgan fingerprint density at radius 2 is 1.88 bits per heavy atom. The molecule has 0 radical (unpaired) electrons. The first-order chi connectivity index (χ1) is 15.5. The highest BCUT2D eigenvalue weighted by atomic mass is 16.5. The van der Waals surface area contributed by atoms with Crippen molar-refractivity contribution in [2.75, 3.05) is 19.0 Å². The summed E-state index contributed by atoms with van der Waals surface area (Å²) >= 11 is 0. The number of phenols is 2. The normalized spacial score (nSPS) is 16.0. The molecule has 5 N–H and O–H groups in total. The smallest absolute Gasteiger partial charge is 0.235 e. The van der Waals surface area contributed by atoms with E-state index in [1.165, 1.54) is 17.8 Å². The van der Waals surface area contributed by atoms with E-state index in [9.17, 15) is 15.0 Å². The van der Waals surface area contributed by atoms with Crippen LogP contribution in [-0.4, -0.2) is 40.4 Å². The Labute approximate surface area is 194 Å². The number of carbonyl (C=O) groups is 1. The van der Waals surface area contributed by atoms with E-state index < -0.39 is 5.41 Å². The third-order valence-corrected chi connectivity index (χ3v) is 6.44. The van der Waals surface area contributed by atoms with Crippen LogP contribution in [0.4, 0.5) is 5.69 Å². The van der Waals surface area contributed by atoms with Gasteiger partial charge in [0.1, 0.15) is 0 Å². The number of aromatic nitrogens is 1. The molecule has 3 aromatic rings. The Kier molecular flexibility index (Phi) is 5.88. The van der Waals surface area contributed by atoms with Gasteiger partial charge in [-0.15, -0.1) is 0 Å². The molecule has 0 saturated heterocycles. The summed E-state index contributed by atoms with van der Waals surface area (Å²) in [6.45, 7) is 7.64. The van der Waals surface area contributed by atoms with Crippen LogP contribution in [0.25, 0.3) is 10.9 Å². The van der Waals surface area contributed by atoms with Crippen molar-refractivity contribution in [3.8, 4) is 11.5 Å². The lowest BCUT2D eigenvalue weighted by molar-refractivity contribution is -0.118. The molecule has 1 saturated carbocycles. The van der Waals surface area contributed by atoms with E-state index in [-0.39, 0.29) is 28.9 Å². The topological polar surface area (TPSA) is 110 Å². The number of nitrogens with one attached hydrogen (secondary N) is 1. The number of hydrogen-bond donors (Lipinski definition) is 4. The summed E-state index contributed by atoms with van der Waals surface area (Å²) in [6.07, 6.45) is 1.40. The molecule has 2 aromatic carbocycles. The average Bonchev–Trinajstić information content (AvgIpc) is 3.47. The molecule has 0 spiro atoms. The van der Waals surface area contributed by atoms with Crippen LogP contribution >= 0.6 is 0 Å². The summed E-state index contributed by atoms with van der Waals surface area (Å²) in [6, 6.07) is 12.6. The Bertz CT molecular complexity index is 1190. The van der Waals surface area contributed by atoms with Gasteiger partial charge in [0, 0.05) is 47.4 Å². The Morgan fingerprint density at radius 1 is 1.15 bits per heavy atom. The first-order valence-electron chi connectivity index (χ1n) is 11.3. The minimum atomic E-state index is -0.671. The predicted molar refractivity (Wildman–Crippen MR) is 130 cm³/mol. The van der Waals surface area contributed by atoms with Crippen molar-refractivity contribution >= 4 is 22.5 Å². The molecule has 0 aliphatic heterocycles. The number of carbonyl (C=O) groups excluding carboxylic acids is 1. The maximum Gasteiger partial charge on any atom is 0.235 e. The van der Waals surface area contributed by atoms with Gasteiger partial charge in [-0.05, 0) is 54.8 Å². The van der Waals surface area contributed by atoms with Gasteiger partial charge in [0.25, 0.3) is 0 Å². The van der Waals surface area contributed by atoms with Crippen molar-refractivity contribution in [1.29, 1.82) is 0 Å². The van der Waals surface area contributed by atoms with Gasteiger partial charge in [0.15, 0.2) is 11.5 Å². The molecule has 4 rings (SSSR count). The maximum atomic E-state index is 13.2. The highest BCUT2D eigenvalue weighted by molar-refractivity contribution is 6.02. The van der Waals surface area contributed by atoms with Crippen molar-refractivity contribution in [2.24, 2.45) is 5.73 Å². The van der Waals surface area contributed by atoms with E-state index in [1.807, 2.05) is 18.2 Å². The molecule has 1 unspecified atom stereocenters. The van der Waals surface area contributed by atoms with Crippen molar-refractivity contribution in [3.05, 3.63) is 53.7 Å². The van der Waals surface area contributed by atoms with Crippen LogP contribution < -0.4 is 11.1 Å². The van der Waals surface area contributed by atoms with Crippen molar-refractivity contribution < 1.29 is 19.7 Å². The van der Waals surface area contributed by atoms with Gasteiger partial charge in [0.05, 0.1) is 12.0 Å². The second kappa shape index (κ2) is 8.39. The molecular weight excluding hydrogens is 418 g/mol. The second-order valence-electron chi connectivity index (χ2n) is 10.1. The largest absolute Gasteiger partial charge is 0.504 e. The lowest BCUT2D eigenvalue weighted by atomic mass is 9.92. The molecule has 33 heavy (non-hydrogen) atoms. The third kappa shape index (κ3) is 4.43. The SMILES string of the molecule is COCC(N)Cn1c(C(C)(C)C)cc2cc(NC(=O)C3(c4ccc(O)c(O)c4)CC3)ccc21. The van der Waals surface area contributed by atoms with Gasteiger partial charge >= 0.3 is 0 Å². The summed E-state index contributed by atoms with van der Waals surface area (Å²) in [5.41, 5.74) is 9.19. The number of methoxy groups -OCH3 is 1. The standard InChI is InChI=1S/C26H33N3O4/c1-25(2,3)23-12-16-11-19(6-7-20(16)29(23)14-18(27)15-33-4)28-24(32)26(9-10-26)17-5-8-21(30)22(31)13-17/h5-8,11-13,18,30-31H,9-10,14-15,27H2,1-4H3,(H,28,32). The Hall–Kier alpha value is -3.03. The zero-order chi connectivity index (χ0) is 24.0. The van der Waals surface area contributed by atoms with Crippen LogP contribution in [0.2, 0.25) is 0 Å². The number of aromatic hydroxyl groups is 2. The van der Waals surface area contributed by atoms with E-state index in [4.69, 9.17) is 10.5 Å². The Morgan fingerprint density at radius 3 is 2.48 bits per heavy atom. The molecule has 7 nitrogen and oxygen atoms in total. The van der Waals surface area contributed by atoms with Crippen LogP contribution in [0.1, 0.15) is 44.9 Å². The van der Waals surface area contributed by atoms with E-state index in [0.717, 1.165) is 16.6 Å². The minimum absolute atomic E-state index is 0.0752. The van der Waals surface area contributed by atoms with Gasteiger partial charge in [0.2, 0.25) is 5.91 Å². The summed E-state index contributed by atoms with van der Waals surface area (Å²) in [7, 11) is 1.65. The number of nitrogens with two attached hydrogens (primary N) is 1. The van der Waals surface area contributed by atoms with Crippen LogP contribution in [0.3, 0.4) is 0 Å². The van der Waals surface area contributed by atoms with Gasteiger partial charge in [-0.1, -0.05) is 26.8 Å². The highest BCUT2D eigenvalue weighted by Crippen LogP contribution is 2.50. The number of hydrogen-bond acceptors (Lipinski definition) is 5. The molecule has 1 fully saturated rings. The number of rotatable bonds is 7. The van der Waals surface area contributed by atoms with E-state index >= 15 is 0 Å². The Balaban J connectivity index is 1.63. The first-order valence-corrected chi connectivity index (χ1v) is 11.3. The lowest BCUT2D eigenvalue weighted by Gasteiger charge is -2.24. The number of ether oxygens (including phenoxy) is 1. The predicted octanol–water partition coefficient (Wildman–Crippen LogP) is 3.99. The summed E-state index contributed by atoms with van der Waals surface area (Å²) < 4.78 is 7.47. The number of phenolic OH excluding ortho intramolecular Hbond substituents is 2. The third-order valence-electron chi connectivity index (χ3n) is 6.44. The van der Waals surface area contributed by atoms with E-state index in [0.29, 0.717) is 31.6 Å². The van der Waals surface area contributed by atoms with Crippen molar-refractivity contribution in [2.45, 2.75) is 57.0 Å². The zero-order valence-electron chi connectivity index (χ0n) is 19.7. The quantitative estimate of drug-likeness (QED) is 0.406. The fraction of sp³-hybridized carbons (Fsp3) is 0.423. The molecule has 1 heterocycles. The van der Waals surface area contributed by atoms with E-state index in [1.54, 1.807) is 13.2 Å². The highest BCUT2D eigenvalue weighted by Gasteiger charge is 2.51. The fourth-order valence-corrected chi connectivity index (χ4v) is 4.51. The molecule has 7 heteroatoms. The van der Waals surface area contributed by atoms with E-state index in [2.05, 4.69) is 36.7 Å². The average molecular weight is 452 g/mol. The van der Waals surface area contributed by atoms with Gasteiger partial charge in [-0.2, -0.15) is 0 Å². The summed E-state index contributed by atoms with van der Waals surface area (Å²) in [4.78, 5) is 13.2. The summed E-state index contributed by atoms with van der Waals surface area (Å²) in [5, 5.41) is 23.6. The molecule has 1 atom stereocenters. The first kappa shape index (κ1) is 23.1. The molecule has 1 amide bonds. The zero-order valence-corrected chi connectivity index (χ0v) is 19.7. The van der Waals surface area contributed by atoms with Crippen molar-refractivity contribution in [1.82, 2.24) is 4.57 Å². The molecule has 1 aliphatic rings. The second-order valence-corrected chi connectivity index (χ2v) is 10.1. The van der Waals surface area contributed by atoms with Gasteiger partial charge in [-0.25, -0.2) is 0 Å². The van der Waals surface area contributed by atoms with Gasteiger partial charge in [-0.3, -0.25) is 4.79 Å². The monoisotopic (exact) mass is 451 g/mol. The van der Waals surface area contributed by atoms with Crippen LogP contribution in [0.5, 0.6) is 11.5 Å². The molecule has 0 bridgehead atoms. The molecule has 176 valence electrons. The summed E-state index contributed by atoms with van der Waals surface area (Å²) in [5.74, 6) is -0.509. The van der Waals surface area contributed by atoms with Crippen LogP contribution in [-0.2, 0) is 26.9 Å². The van der Waals surface area contributed by atoms with Gasteiger partial charge < -0.3 is 30.6 Å². The number of anilines is 1. The number of amides is 1. The number of benzene rings is 2. The number of fused-ring (bicyclic) bond motifs is 1. The minimum Gasteiger partial charge on any atom is -0.504 e. The lowest BCUT2D eigenvalue weighted by Crippen LogP contribution is -2.32. The number of nitrogens with zero attached hydrogens (tertiary/aromatic N) is 1. The fourth-order valence-electron chi connectivity index (χ4n) is 4.51. The van der Waals surface area contributed by atoms with Crippen LogP contribution in [0.15, 0.2) is 42.5 Å². The molecule has 1 aliphatic carbocycles. The van der Waals surface area contributed by atoms with Crippen LogP contribution in [0, 0.1) is 0 Å². The molecule has 1 aromatic heterocycles. The van der Waals surface area contributed by atoms with Crippen molar-refractivity contribution in [3.63, 3.8) is 0 Å². The molecular formula is C26H33N3O4. The maximum absolute atomic E-state index is 13.2.